The summed E-state index contributed by atoms with van der Waals surface area (Å²) < 4.78 is 5.50. The highest BCUT2D eigenvalue weighted by atomic mass is 16.5. The van der Waals surface area contributed by atoms with E-state index in [1.54, 1.807) is 12.4 Å². The maximum absolute atomic E-state index is 5.99. The Morgan fingerprint density at radius 1 is 0.950 bits per heavy atom. The Labute approximate surface area is 117 Å². The molecule has 3 aromatic rings. The Morgan fingerprint density at radius 2 is 1.60 bits per heavy atom. The summed E-state index contributed by atoms with van der Waals surface area (Å²) in [5.74, 6) is 1.11. The highest BCUT2D eigenvalue weighted by Crippen LogP contribution is 2.38. The van der Waals surface area contributed by atoms with E-state index in [-0.39, 0.29) is 0 Å². The Kier molecular flexibility index (Phi) is 2.99. The summed E-state index contributed by atoms with van der Waals surface area (Å²) in [4.78, 5) is 4.03. The largest absolute Gasteiger partial charge is 0.380 e. The molecule has 0 saturated heterocycles. The first kappa shape index (κ1) is 12.4. The number of benzene rings is 1. The fraction of sp³-hybridized carbons (Fsp3) is 0.125. The van der Waals surface area contributed by atoms with Gasteiger partial charge in [0.15, 0.2) is 11.6 Å². The van der Waals surface area contributed by atoms with Crippen LogP contribution in [0.2, 0.25) is 0 Å². The van der Waals surface area contributed by atoms with E-state index in [1.807, 2.05) is 18.2 Å². The first-order chi connectivity index (χ1) is 9.68. The van der Waals surface area contributed by atoms with E-state index in [4.69, 9.17) is 10.3 Å². The molecule has 0 radical (unpaired) electrons. The van der Waals surface area contributed by atoms with Crippen LogP contribution in [0.25, 0.3) is 22.5 Å². The fourth-order valence-electron chi connectivity index (χ4n) is 2.44. The minimum absolute atomic E-state index is 0.397. The van der Waals surface area contributed by atoms with Crippen LogP contribution in [0.1, 0.15) is 11.1 Å². The van der Waals surface area contributed by atoms with Gasteiger partial charge in [0.2, 0.25) is 0 Å². The van der Waals surface area contributed by atoms with Crippen molar-refractivity contribution < 1.29 is 4.52 Å². The number of nitrogen functional groups attached to an aromatic ring is 1. The van der Waals surface area contributed by atoms with Crippen LogP contribution in [0.15, 0.2) is 47.2 Å². The van der Waals surface area contributed by atoms with Crippen molar-refractivity contribution >= 4 is 5.82 Å². The average molecular weight is 265 g/mol. The van der Waals surface area contributed by atoms with Crippen molar-refractivity contribution in [1.29, 1.82) is 0 Å². The van der Waals surface area contributed by atoms with Crippen LogP contribution in [-0.2, 0) is 0 Å². The summed E-state index contributed by atoms with van der Waals surface area (Å²) in [6.45, 7) is 4.11. The summed E-state index contributed by atoms with van der Waals surface area (Å²) in [7, 11) is 0. The number of aryl methyl sites for hydroxylation is 2. The molecule has 20 heavy (non-hydrogen) atoms. The van der Waals surface area contributed by atoms with Gasteiger partial charge in [-0.25, -0.2) is 0 Å². The lowest BCUT2D eigenvalue weighted by molar-refractivity contribution is 0.435. The average Bonchev–Trinajstić information content (AvgIpc) is 2.81. The van der Waals surface area contributed by atoms with E-state index in [1.165, 1.54) is 0 Å². The van der Waals surface area contributed by atoms with Gasteiger partial charge >= 0.3 is 0 Å². The minimum Gasteiger partial charge on any atom is -0.380 e. The number of nitrogens with two attached hydrogens (primary N) is 1. The lowest BCUT2D eigenvalue weighted by Crippen LogP contribution is -1.91. The van der Waals surface area contributed by atoms with Gasteiger partial charge in [-0.05, 0) is 42.7 Å². The van der Waals surface area contributed by atoms with Crippen LogP contribution >= 0.6 is 0 Å². The second kappa shape index (κ2) is 4.81. The highest BCUT2D eigenvalue weighted by Gasteiger charge is 2.20. The molecule has 4 heteroatoms. The SMILES string of the molecule is Cc1cccc(C)c1-c1onc(N)c1-c1ccncc1. The van der Waals surface area contributed by atoms with Crippen molar-refractivity contribution in [3.63, 3.8) is 0 Å². The summed E-state index contributed by atoms with van der Waals surface area (Å²) in [5.41, 5.74) is 11.1. The smallest absolute Gasteiger partial charge is 0.177 e. The normalized spacial score (nSPS) is 10.7. The molecule has 0 amide bonds. The van der Waals surface area contributed by atoms with Gasteiger partial charge in [-0.15, -0.1) is 0 Å². The Balaban J connectivity index is 2.27. The van der Waals surface area contributed by atoms with E-state index >= 15 is 0 Å². The van der Waals surface area contributed by atoms with Crippen LogP contribution in [0, 0.1) is 13.8 Å². The van der Waals surface area contributed by atoms with E-state index in [0.29, 0.717) is 11.6 Å². The number of pyridine rings is 1. The van der Waals surface area contributed by atoms with Crippen molar-refractivity contribution in [2.45, 2.75) is 13.8 Å². The number of rotatable bonds is 2. The molecule has 4 nitrogen and oxygen atoms in total. The third-order valence-electron chi connectivity index (χ3n) is 3.40. The van der Waals surface area contributed by atoms with Crippen molar-refractivity contribution in [3.05, 3.63) is 53.9 Å². The van der Waals surface area contributed by atoms with Crippen molar-refractivity contribution in [2.75, 3.05) is 5.73 Å². The zero-order chi connectivity index (χ0) is 14.1. The van der Waals surface area contributed by atoms with Crippen LogP contribution in [0.3, 0.4) is 0 Å². The molecular weight excluding hydrogens is 250 g/mol. The van der Waals surface area contributed by atoms with E-state index in [9.17, 15) is 0 Å². The van der Waals surface area contributed by atoms with Gasteiger partial charge in [0.05, 0.1) is 5.56 Å². The molecule has 0 aliphatic rings. The lowest BCUT2D eigenvalue weighted by atomic mass is 9.96. The van der Waals surface area contributed by atoms with E-state index in [0.717, 1.165) is 27.8 Å². The number of aromatic nitrogens is 2. The second-order valence-corrected chi connectivity index (χ2v) is 4.77. The summed E-state index contributed by atoms with van der Waals surface area (Å²) in [5, 5.41) is 3.93. The number of hydrogen-bond donors (Lipinski definition) is 1. The molecular formula is C16H15N3O. The third kappa shape index (κ3) is 1.95. The number of hydrogen-bond acceptors (Lipinski definition) is 4. The zero-order valence-corrected chi connectivity index (χ0v) is 11.4. The molecule has 0 atom stereocenters. The molecule has 0 aliphatic heterocycles. The molecule has 0 saturated carbocycles. The van der Waals surface area contributed by atoms with Crippen molar-refractivity contribution in [1.82, 2.24) is 10.1 Å². The summed E-state index contributed by atoms with van der Waals surface area (Å²) in [6.07, 6.45) is 3.46. The van der Waals surface area contributed by atoms with Crippen LogP contribution in [0.4, 0.5) is 5.82 Å². The maximum Gasteiger partial charge on any atom is 0.177 e. The maximum atomic E-state index is 5.99. The van der Waals surface area contributed by atoms with Crippen molar-refractivity contribution in [2.24, 2.45) is 0 Å². The molecule has 0 aliphatic carbocycles. The molecule has 0 bridgehead atoms. The van der Waals surface area contributed by atoms with E-state index in [2.05, 4.69) is 36.1 Å². The second-order valence-electron chi connectivity index (χ2n) is 4.77. The van der Waals surface area contributed by atoms with Gasteiger partial charge in [-0.1, -0.05) is 23.4 Å². The fourth-order valence-corrected chi connectivity index (χ4v) is 2.44. The van der Waals surface area contributed by atoms with Crippen LogP contribution in [-0.4, -0.2) is 10.1 Å². The standard InChI is InChI=1S/C16H15N3O/c1-10-4-3-5-11(2)13(10)15-14(16(17)19-20-15)12-6-8-18-9-7-12/h3-9H,1-2H3,(H2,17,19). The van der Waals surface area contributed by atoms with Gasteiger partial charge in [0.1, 0.15) is 0 Å². The third-order valence-corrected chi connectivity index (χ3v) is 3.40. The Morgan fingerprint density at radius 3 is 2.25 bits per heavy atom. The summed E-state index contributed by atoms with van der Waals surface area (Å²) in [6, 6.07) is 9.94. The van der Waals surface area contributed by atoms with Gasteiger partial charge in [-0.3, -0.25) is 4.98 Å². The first-order valence-corrected chi connectivity index (χ1v) is 6.40. The van der Waals surface area contributed by atoms with Crippen LogP contribution in [0.5, 0.6) is 0 Å². The Hall–Kier alpha value is -2.62. The summed E-state index contributed by atoms with van der Waals surface area (Å²) >= 11 is 0. The molecule has 2 N–H and O–H groups in total. The predicted octanol–water partition coefficient (Wildman–Crippen LogP) is 3.60. The van der Waals surface area contributed by atoms with Crippen LogP contribution < -0.4 is 5.73 Å². The lowest BCUT2D eigenvalue weighted by Gasteiger charge is -2.08. The monoisotopic (exact) mass is 265 g/mol. The first-order valence-electron chi connectivity index (χ1n) is 6.40. The molecule has 0 unspecified atom stereocenters. The van der Waals surface area contributed by atoms with Gasteiger partial charge in [-0.2, -0.15) is 0 Å². The minimum atomic E-state index is 0.397. The van der Waals surface area contributed by atoms with Crippen molar-refractivity contribution in [3.8, 4) is 22.5 Å². The highest BCUT2D eigenvalue weighted by molar-refractivity contribution is 5.88. The molecule has 0 fully saturated rings. The molecule has 2 heterocycles. The van der Waals surface area contributed by atoms with Gasteiger partial charge in [0, 0.05) is 18.0 Å². The molecule has 100 valence electrons. The number of nitrogens with zero attached hydrogens (tertiary/aromatic N) is 2. The molecule has 1 aromatic carbocycles. The van der Waals surface area contributed by atoms with E-state index < -0.39 is 0 Å². The zero-order valence-electron chi connectivity index (χ0n) is 11.4. The van der Waals surface area contributed by atoms with Gasteiger partial charge in [0.25, 0.3) is 0 Å². The van der Waals surface area contributed by atoms with Gasteiger partial charge < -0.3 is 10.3 Å². The topological polar surface area (TPSA) is 64.9 Å². The predicted molar refractivity (Wildman–Crippen MR) is 79.1 cm³/mol. The molecule has 3 rings (SSSR count). The Bertz CT molecular complexity index is 727. The number of anilines is 1. The molecule has 0 spiro atoms. The molecule has 2 aromatic heterocycles. The quantitative estimate of drug-likeness (QED) is 0.768.